The van der Waals surface area contributed by atoms with Crippen molar-refractivity contribution in [2.45, 2.75) is 0 Å². The van der Waals surface area contributed by atoms with Crippen molar-refractivity contribution in [2.24, 2.45) is 0 Å². The maximum atomic E-state index is 6.97. The van der Waals surface area contributed by atoms with Crippen molar-refractivity contribution in [2.75, 3.05) is 0 Å². The number of para-hydroxylation sites is 2. The molecule has 13 aromatic rings. The zero-order valence-electron chi connectivity index (χ0n) is 39.4. The van der Waals surface area contributed by atoms with Gasteiger partial charge in [-0.25, -0.2) is 4.98 Å². The highest BCUT2D eigenvalue weighted by atomic mass is 15.2. The van der Waals surface area contributed by atoms with Gasteiger partial charge < -0.3 is 4.57 Å². The van der Waals surface area contributed by atoms with Crippen LogP contribution < -0.4 is 27.3 Å². The average Bonchev–Trinajstić information content (AvgIpc) is 3.98. The van der Waals surface area contributed by atoms with Crippen molar-refractivity contribution in [3.05, 3.63) is 218 Å². The Bertz CT molecular complexity index is 4260. The predicted octanol–water partition coefficient (Wildman–Crippen LogP) is 10.0. The average molecular weight is 917 g/mol. The normalized spacial score (nSPS) is 11.6. The van der Waals surface area contributed by atoms with Crippen LogP contribution in [0.3, 0.4) is 0 Å². The topological polar surface area (TPSA) is 48.5 Å². The van der Waals surface area contributed by atoms with Gasteiger partial charge in [0.15, 0.2) is 11.6 Å². The fourth-order valence-electron chi connectivity index (χ4n) is 10.4. The maximum Gasteiger partial charge on any atom is 0.238 e. The lowest BCUT2D eigenvalue weighted by Crippen LogP contribution is -2.55. The summed E-state index contributed by atoms with van der Waals surface area (Å²) < 4.78 is 4.47. The van der Waals surface area contributed by atoms with Crippen LogP contribution in [0.2, 0.25) is 0 Å². The Morgan fingerprint density at radius 2 is 0.658 bits per heavy atom. The van der Waals surface area contributed by atoms with E-state index in [2.05, 4.69) is 173 Å². The van der Waals surface area contributed by atoms with Crippen molar-refractivity contribution in [1.29, 1.82) is 0 Å². The standard InChI is InChI=1S/C63H36B5N5/c64-54-53(55(65)57(67)58(68)56(54)66)49-36-44(38-16-6-2-7-17-38)32-35-52(49)72-50-22-12-10-20-45(50)47-33-34-48-46-21-11-13-23-51(46)73(60(48)59(47)72)63-70-61(42-18-8-3-9-19-42)69-62(71-63)43-30-28-41(29-31-43)40-26-24-39(25-27-40)37-14-4-1-5-15-37/h1-36H. The third-order valence-corrected chi connectivity index (χ3v) is 14.1. The van der Waals surface area contributed by atoms with Crippen LogP contribution >= 0.6 is 0 Å². The van der Waals surface area contributed by atoms with Gasteiger partial charge in [0.25, 0.3) is 0 Å². The molecule has 0 amide bonds. The summed E-state index contributed by atoms with van der Waals surface area (Å²) in [5, 5.41) is 4.12. The molecular formula is C63H36B5N5. The quantitative estimate of drug-likeness (QED) is 0.143. The number of hydrogen-bond donors (Lipinski definition) is 0. The Kier molecular flexibility index (Phi) is 10.7. The molecule has 0 fully saturated rings. The molecule has 0 saturated heterocycles. The molecule has 0 aliphatic rings. The number of hydrogen-bond acceptors (Lipinski definition) is 3. The van der Waals surface area contributed by atoms with Crippen molar-refractivity contribution >= 4 is 110 Å². The van der Waals surface area contributed by atoms with E-state index in [0.717, 1.165) is 88.2 Å². The van der Waals surface area contributed by atoms with Crippen LogP contribution in [-0.2, 0) is 0 Å². The molecule has 3 heterocycles. The maximum absolute atomic E-state index is 6.97. The number of aromatic nitrogens is 5. The van der Waals surface area contributed by atoms with Gasteiger partial charge >= 0.3 is 0 Å². The summed E-state index contributed by atoms with van der Waals surface area (Å²) in [7, 11) is 33.6. The van der Waals surface area contributed by atoms with E-state index in [-0.39, 0.29) is 27.3 Å². The fraction of sp³-hybridized carbons (Fsp3) is 0. The molecule has 73 heavy (non-hydrogen) atoms. The SMILES string of the molecule is [B]c1c([B])c([B])c(-c2cc(-c3ccccc3)ccc2-n2c3ccccc3c3ccc4c5ccccc5n(-c5nc(-c6ccccc6)nc(-c6ccc(-c7ccc(-c8ccccc8)cc7)cc6)n5)c4c32)c([B])c1[B]. The summed E-state index contributed by atoms with van der Waals surface area (Å²) in [5.74, 6) is 1.55. The van der Waals surface area contributed by atoms with Gasteiger partial charge in [0, 0.05) is 38.2 Å². The number of benzene rings is 10. The van der Waals surface area contributed by atoms with E-state index in [1.54, 1.807) is 0 Å². The largest absolute Gasteiger partial charge is 0.307 e. The van der Waals surface area contributed by atoms with Gasteiger partial charge in [0.1, 0.15) is 39.2 Å². The van der Waals surface area contributed by atoms with E-state index in [0.29, 0.717) is 23.2 Å². The first-order valence-electron chi connectivity index (χ1n) is 24.1. The Balaban J connectivity index is 1.08. The van der Waals surface area contributed by atoms with Gasteiger partial charge in [-0.1, -0.05) is 205 Å². The third kappa shape index (κ3) is 7.35. The number of nitrogens with zero attached hydrogens (tertiary/aromatic N) is 5. The van der Waals surface area contributed by atoms with Crippen LogP contribution in [0.5, 0.6) is 0 Å². The first-order chi connectivity index (χ1) is 35.8. The molecule has 0 aliphatic heterocycles. The molecule has 5 nitrogen and oxygen atoms in total. The second-order valence-electron chi connectivity index (χ2n) is 18.3. The first-order valence-corrected chi connectivity index (χ1v) is 24.1. The van der Waals surface area contributed by atoms with Crippen molar-refractivity contribution < 1.29 is 0 Å². The second-order valence-corrected chi connectivity index (χ2v) is 18.3. The van der Waals surface area contributed by atoms with E-state index in [1.807, 2.05) is 54.6 Å². The van der Waals surface area contributed by atoms with Crippen LogP contribution in [0.15, 0.2) is 218 Å². The fourth-order valence-corrected chi connectivity index (χ4v) is 10.4. The predicted molar refractivity (Wildman–Crippen MR) is 308 cm³/mol. The van der Waals surface area contributed by atoms with E-state index in [1.165, 1.54) is 11.1 Å². The van der Waals surface area contributed by atoms with Crippen LogP contribution in [0.25, 0.3) is 123 Å². The minimum Gasteiger partial charge on any atom is -0.307 e. The van der Waals surface area contributed by atoms with Crippen LogP contribution in [0.1, 0.15) is 0 Å². The van der Waals surface area contributed by atoms with E-state index in [4.69, 9.17) is 54.2 Å². The molecule has 13 rings (SSSR count). The van der Waals surface area contributed by atoms with Crippen LogP contribution in [0.4, 0.5) is 0 Å². The van der Waals surface area contributed by atoms with Crippen molar-refractivity contribution in [3.8, 4) is 78.9 Å². The zero-order valence-corrected chi connectivity index (χ0v) is 39.4. The molecule has 0 atom stereocenters. The summed E-state index contributed by atoms with van der Waals surface area (Å²) >= 11 is 0. The minimum atomic E-state index is 0.152. The zero-order chi connectivity index (χ0) is 49.3. The molecular weight excluding hydrogens is 881 g/mol. The summed E-state index contributed by atoms with van der Waals surface area (Å²) in [4.78, 5) is 15.9. The lowest BCUT2D eigenvalue weighted by atomic mass is 9.59. The first kappa shape index (κ1) is 44.1. The third-order valence-electron chi connectivity index (χ3n) is 14.1. The molecule has 10 aromatic carbocycles. The van der Waals surface area contributed by atoms with Gasteiger partial charge in [-0.05, 0) is 63.2 Å². The Morgan fingerprint density at radius 3 is 1.18 bits per heavy atom. The Hall–Kier alpha value is -8.87. The van der Waals surface area contributed by atoms with Gasteiger partial charge in [-0.2, -0.15) is 9.97 Å². The van der Waals surface area contributed by atoms with Gasteiger partial charge in [0.2, 0.25) is 5.95 Å². The molecule has 0 spiro atoms. The molecule has 0 unspecified atom stereocenters. The van der Waals surface area contributed by atoms with E-state index < -0.39 is 0 Å². The minimum absolute atomic E-state index is 0.152. The van der Waals surface area contributed by atoms with E-state index in [9.17, 15) is 0 Å². The number of rotatable bonds is 8. The molecule has 10 radical (unpaired) electrons. The molecule has 3 aromatic heterocycles. The van der Waals surface area contributed by atoms with Crippen molar-refractivity contribution in [1.82, 2.24) is 24.1 Å². The highest BCUT2D eigenvalue weighted by molar-refractivity contribution is 6.68. The summed E-state index contributed by atoms with van der Waals surface area (Å²) in [6.45, 7) is 0. The molecule has 0 N–H and O–H groups in total. The summed E-state index contributed by atoms with van der Waals surface area (Å²) in [6.07, 6.45) is 0. The highest BCUT2D eigenvalue weighted by Gasteiger charge is 2.26. The molecule has 0 aliphatic carbocycles. The summed E-state index contributed by atoms with van der Waals surface area (Å²) in [5.41, 5.74) is 15.0. The Labute approximate surface area is 429 Å². The molecule has 328 valence electrons. The Morgan fingerprint density at radius 1 is 0.288 bits per heavy atom. The molecule has 0 bridgehead atoms. The smallest absolute Gasteiger partial charge is 0.238 e. The number of fused-ring (bicyclic) bond motifs is 7. The van der Waals surface area contributed by atoms with Crippen LogP contribution in [-0.4, -0.2) is 63.3 Å². The lowest BCUT2D eigenvalue weighted by molar-refractivity contribution is 0.953. The van der Waals surface area contributed by atoms with Gasteiger partial charge in [-0.3, -0.25) is 4.57 Å². The monoisotopic (exact) mass is 917 g/mol. The van der Waals surface area contributed by atoms with Crippen molar-refractivity contribution in [3.63, 3.8) is 0 Å². The summed E-state index contributed by atoms with van der Waals surface area (Å²) in [6, 6.07) is 75.3. The van der Waals surface area contributed by atoms with Crippen LogP contribution in [0, 0.1) is 0 Å². The van der Waals surface area contributed by atoms with E-state index >= 15 is 0 Å². The molecule has 10 heteroatoms. The van der Waals surface area contributed by atoms with Gasteiger partial charge in [-0.15, -0.1) is 16.4 Å². The lowest BCUT2D eigenvalue weighted by Gasteiger charge is -2.24. The molecule has 0 saturated carbocycles. The second kappa shape index (κ2) is 17.8. The van der Waals surface area contributed by atoms with Gasteiger partial charge in [0.05, 0.1) is 27.8 Å². The highest BCUT2D eigenvalue weighted by Crippen LogP contribution is 2.43.